The fourth-order valence-electron chi connectivity index (χ4n) is 3.27. The van der Waals surface area contributed by atoms with Crippen LogP contribution in [-0.4, -0.2) is 24.5 Å². The molecule has 7 heteroatoms. The van der Waals surface area contributed by atoms with E-state index >= 15 is 0 Å². The molecule has 2 aromatic carbocycles. The second-order valence-electron chi connectivity index (χ2n) is 6.49. The fourth-order valence-corrected chi connectivity index (χ4v) is 3.27. The minimum absolute atomic E-state index is 0.0538. The van der Waals surface area contributed by atoms with E-state index in [4.69, 9.17) is 0 Å². The number of hydrogen-bond donors (Lipinski definition) is 0. The van der Waals surface area contributed by atoms with E-state index in [0.717, 1.165) is 4.57 Å². The van der Waals surface area contributed by atoms with Crippen LogP contribution in [0.2, 0.25) is 0 Å². The molecule has 0 saturated carbocycles. The number of benzene rings is 2. The van der Waals surface area contributed by atoms with Gasteiger partial charge in [-0.1, -0.05) is 54.6 Å². The zero-order valence-electron chi connectivity index (χ0n) is 15.6. The number of carbonyl (C=O) groups is 1. The molecule has 0 radical (unpaired) electrons. The first-order chi connectivity index (χ1) is 14.1. The van der Waals surface area contributed by atoms with E-state index in [2.05, 4.69) is 11.6 Å². The highest BCUT2D eigenvalue weighted by atomic mass is 16.2. The quantitative estimate of drug-likeness (QED) is 0.377. The molecule has 0 N–H and O–H groups in total. The van der Waals surface area contributed by atoms with Crippen LogP contribution in [-0.2, 0) is 13.1 Å². The molecule has 0 aliphatic carbocycles. The van der Waals surface area contributed by atoms with Gasteiger partial charge in [-0.25, -0.2) is 14.3 Å². The van der Waals surface area contributed by atoms with Gasteiger partial charge >= 0.3 is 5.69 Å². The molecule has 0 aliphatic heterocycles. The van der Waals surface area contributed by atoms with Gasteiger partial charge in [0.25, 0.3) is 5.56 Å². The minimum Gasteiger partial charge on any atom is -0.317 e. The second kappa shape index (κ2) is 7.55. The van der Waals surface area contributed by atoms with Crippen molar-refractivity contribution in [3.8, 4) is 5.69 Å². The number of nitrogens with zero attached hydrogens (tertiary/aromatic N) is 4. The van der Waals surface area contributed by atoms with Gasteiger partial charge in [0.1, 0.15) is 0 Å². The van der Waals surface area contributed by atoms with Gasteiger partial charge < -0.3 is 4.57 Å². The molecule has 0 atom stereocenters. The van der Waals surface area contributed by atoms with E-state index in [1.807, 2.05) is 12.1 Å². The van der Waals surface area contributed by atoms with E-state index in [0.29, 0.717) is 11.3 Å². The molecule has 0 amide bonds. The standard InChI is InChI=1S/C22H18N4O3/c1-2-13-25-21(28)19-20(26(22(25)29)17-11-7-4-8-12-17)23-15-24(19)14-18(27)16-9-5-3-6-10-16/h2-12,15H,1,13-14H2. The first-order valence-corrected chi connectivity index (χ1v) is 9.07. The van der Waals surface area contributed by atoms with Crippen LogP contribution in [0.15, 0.2) is 89.2 Å². The first-order valence-electron chi connectivity index (χ1n) is 9.07. The second-order valence-corrected chi connectivity index (χ2v) is 6.49. The van der Waals surface area contributed by atoms with Gasteiger partial charge in [0.2, 0.25) is 0 Å². The van der Waals surface area contributed by atoms with Crippen LogP contribution in [0.1, 0.15) is 10.4 Å². The van der Waals surface area contributed by atoms with Gasteiger partial charge in [-0.15, -0.1) is 6.58 Å². The number of imidazole rings is 1. The lowest BCUT2D eigenvalue weighted by Gasteiger charge is -2.11. The Labute approximate surface area is 165 Å². The number of Topliss-reactive ketones (excluding diaryl/α,β-unsaturated/α-hetero) is 1. The third-order valence-corrected chi connectivity index (χ3v) is 4.64. The lowest BCUT2D eigenvalue weighted by atomic mass is 10.1. The lowest BCUT2D eigenvalue weighted by molar-refractivity contribution is 0.0973. The number of hydrogen-bond acceptors (Lipinski definition) is 4. The van der Waals surface area contributed by atoms with E-state index < -0.39 is 11.2 Å². The Bertz CT molecular complexity index is 1320. The third-order valence-electron chi connectivity index (χ3n) is 4.64. The number of aromatic nitrogens is 4. The topological polar surface area (TPSA) is 78.9 Å². The largest absolute Gasteiger partial charge is 0.337 e. The molecule has 2 heterocycles. The molecule has 0 aliphatic rings. The Morgan fingerprint density at radius 2 is 1.66 bits per heavy atom. The molecule has 144 valence electrons. The third kappa shape index (κ3) is 3.23. The van der Waals surface area contributed by atoms with Gasteiger partial charge in [0.05, 0.1) is 18.6 Å². The molecule has 0 fully saturated rings. The van der Waals surface area contributed by atoms with E-state index in [9.17, 15) is 14.4 Å². The Hall–Kier alpha value is -4.00. The SMILES string of the molecule is C=CCn1c(=O)c2c(ncn2CC(=O)c2ccccc2)n(-c2ccccc2)c1=O. The Kier molecular flexibility index (Phi) is 4.78. The predicted octanol–water partition coefficient (Wildman–Crippen LogP) is 2.42. The molecule has 0 saturated heterocycles. The van der Waals surface area contributed by atoms with Crippen molar-refractivity contribution in [3.63, 3.8) is 0 Å². The summed E-state index contributed by atoms with van der Waals surface area (Å²) in [4.78, 5) is 43.0. The van der Waals surface area contributed by atoms with Crippen LogP contribution in [0.4, 0.5) is 0 Å². The average molecular weight is 386 g/mol. The van der Waals surface area contributed by atoms with Crippen LogP contribution >= 0.6 is 0 Å². The Morgan fingerprint density at radius 3 is 2.31 bits per heavy atom. The summed E-state index contributed by atoms with van der Waals surface area (Å²) >= 11 is 0. The highest BCUT2D eigenvalue weighted by Gasteiger charge is 2.20. The Balaban J connectivity index is 1.94. The molecule has 0 unspecified atom stereocenters. The zero-order chi connectivity index (χ0) is 20.4. The number of ketones is 1. The highest BCUT2D eigenvalue weighted by Crippen LogP contribution is 2.14. The van der Waals surface area contributed by atoms with Gasteiger partial charge in [-0.3, -0.25) is 14.2 Å². The normalized spacial score (nSPS) is 10.9. The molecule has 7 nitrogen and oxygen atoms in total. The molecule has 4 aromatic rings. The van der Waals surface area contributed by atoms with Crippen molar-refractivity contribution < 1.29 is 4.79 Å². The van der Waals surface area contributed by atoms with Gasteiger partial charge in [0, 0.05) is 12.1 Å². The smallest absolute Gasteiger partial charge is 0.317 e. The molecule has 0 bridgehead atoms. The summed E-state index contributed by atoms with van der Waals surface area (Å²) in [6, 6.07) is 17.8. The van der Waals surface area contributed by atoms with Crippen LogP contribution < -0.4 is 11.2 Å². The maximum Gasteiger partial charge on any atom is 0.337 e. The number of fused-ring (bicyclic) bond motifs is 1. The van der Waals surface area contributed by atoms with Crippen molar-refractivity contribution in [3.05, 3.63) is 106 Å². The summed E-state index contributed by atoms with van der Waals surface area (Å²) in [5.41, 5.74) is 0.521. The molecule has 0 spiro atoms. The summed E-state index contributed by atoms with van der Waals surface area (Å²) in [5, 5.41) is 0. The van der Waals surface area contributed by atoms with Gasteiger partial charge in [-0.05, 0) is 12.1 Å². The highest BCUT2D eigenvalue weighted by molar-refractivity contribution is 5.96. The minimum atomic E-state index is -0.506. The van der Waals surface area contributed by atoms with Crippen molar-refractivity contribution in [2.45, 2.75) is 13.1 Å². The van der Waals surface area contributed by atoms with Crippen molar-refractivity contribution >= 4 is 16.9 Å². The average Bonchev–Trinajstić information content (AvgIpc) is 3.16. The van der Waals surface area contributed by atoms with E-state index in [1.165, 1.54) is 21.5 Å². The van der Waals surface area contributed by atoms with E-state index in [-0.39, 0.29) is 30.0 Å². The maximum atomic E-state index is 13.1. The number of allylic oxidation sites excluding steroid dienone is 1. The number of rotatable bonds is 6. The molecular weight excluding hydrogens is 368 g/mol. The monoisotopic (exact) mass is 386 g/mol. The van der Waals surface area contributed by atoms with E-state index in [1.54, 1.807) is 48.5 Å². The fraction of sp³-hybridized carbons (Fsp3) is 0.0909. The zero-order valence-corrected chi connectivity index (χ0v) is 15.6. The van der Waals surface area contributed by atoms with Gasteiger partial charge in [0.15, 0.2) is 16.9 Å². The molecule has 2 aromatic heterocycles. The summed E-state index contributed by atoms with van der Waals surface area (Å²) in [7, 11) is 0. The summed E-state index contributed by atoms with van der Waals surface area (Å²) in [6.45, 7) is 3.63. The van der Waals surface area contributed by atoms with Crippen LogP contribution in [0, 0.1) is 0 Å². The summed E-state index contributed by atoms with van der Waals surface area (Å²) in [5.74, 6) is -0.156. The van der Waals surface area contributed by atoms with Crippen molar-refractivity contribution in [1.82, 2.24) is 18.7 Å². The van der Waals surface area contributed by atoms with Crippen molar-refractivity contribution in [1.29, 1.82) is 0 Å². The van der Waals surface area contributed by atoms with Crippen LogP contribution in [0.3, 0.4) is 0 Å². The number of para-hydroxylation sites is 1. The predicted molar refractivity (Wildman–Crippen MR) is 111 cm³/mol. The summed E-state index contributed by atoms with van der Waals surface area (Å²) < 4.78 is 3.96. The maximum absolute atomic E-state index is 13.1. The summed E-state index contributed by atoms with van der Waals surface area (Å²) in [6.07, 6.45) is 2.91. The number of carbonyl (C=O) groups excluding carboxylic acids is 1. The van der Waals surface area contributed by atoms with Crippen LogP contribution in [0.5, 0.6) is 0 Å². The Morgan fingerprint density at radius 1 is 1.00 bits per heavy atom. The first kappa shape index (κ1) is 18.4. The molecule has 29 heavy (non-hydrogen) atoms. The van der Waals surface area contributed by atoms with Crippen molar-refractivity contribution in [2.75, 3.05) is 0 Å². The molecular formula is C22H18N4O3. The van der Waals surface area contributed by atoms with Crippen molar-refractivity contribution in [2.24, 2.45) is 0 Å². The lowest BCUT2D eigenvalue weighted by Crippen LogP contribution is -2.40. The molecule has 4 rings (SSSR count). The van der Waals surface area contributed by atoms with Crippen LogP contribution in [0.25, 0.3) is 16.9 Å². The van der Waals surface area contributed by atoms with Gasteiger partial charge in [-0.2, -0.15) is 0 Å².